The Kier molecular flexibility index (Phi) is 7.93. The van der Waals surface area contributed by atoms with E-state index in [1.54, 1.807) is 12.1 Å². The third-order valence-electron chi connectivity index (χ3n) is 4.86. The lowest BCUT2D eigenvalue weighted by molar-refractivity contribution is -0.113. The summed E-state index contributed by atoms with van der Waals surface area (Å²) in [7, 11) is 0. The van der Waals surface area contributed by atoms with Crippen molar-refractivity contribution >= 4 is 40.9 Å². The Bertz CT molecular complexity index is 1130. The van der Waals surface area contributed by atoms with Gasteiger partial charge in [0.1, 0.15) is 0 Å². The molecule has 1 heterocycles. The van der Waals surface area contributed by atoms with E-state index in [9.17, 15) is 9.59 Å². The van der Waals surface area contributed by atoms with Crippen LogP contribution in [-0.4, -0.2) is 32.3 Å². The number of aryl methyl sites for hydroxylation is 2. The van der Waals surface area contributed by atoms with Gasteiger partial charge in [-0.25, -0.2) is 0 Å². The number of amides is 2. The molecule has 2 aromatic carbocycles. The van der Waals surface area contributed by atoms with Gasteiger partial charge in [0.25, 0.3) is 5.91 Å². The Morgan fingerprint density at radius 1 is 1.16 bits per heavy atom. The normalized spacial score (nSPS) is 11.8. The number of carbonyl (C=O) groups excluding carboxylic acids is 2. The van der Waals surface area contributed by atoms with Crippen molar-refractivity contribution < 1.29 is 9.59 Å². The van der Waals surface area contributed by atoms with Crippen LogP contribution in [0, 0.1) is 13.8 Å². The van der Waals surface area contributed by atoms with Gasteiger partial charge in [-0.15, -0.1) is 10.2 Å². The van der Waals surface area contributed by atoms with Crippen LogP contribution >= 0.6 is 23.4 Å². The van der Waals surface area contributed by atoms with Crippen LogP contribution in [0.3, 0.4) is 0 Å². The molecule has 1 atom stereocenters. The largest absolute Gasteiger partial charge is 0.342 e. The number of hydrogen-bond donors (Lipinski definition) is 2. The summed E-state index contributed by atoms with van der Waals surface area (Å²) in [6.45, 7) is 8.31. The molecule has 32 heavy (non-hydrogen) atoms. The molecule has 0 spiro atoms. The number of anilines is 1. The second-order valence-corrected chi connectivity index (χ2v) is 8.80. The third-order valence-corrected chi connectivity index (χ3v) is 6.24. The molecule has 1 aromatic heterocycles. The Morgan fingerprint density at radius 3 is 2.62 bits per heavy atom. The molecule has 0 aliphatic heterocycles. The van der Waals surface area contributed by atoms with Gasteiger partial charge in [0.2, 0.25) is 5.91 Å². The van der Waals surface area contributed by atoms with Gasteiger partial charge >= 0.3 is 0 Å². The molecule has 0 aliphatic rings. The van der Waals surface area contributed by atoms with E-state index in [-0.39, 0.29) is 23.6 Å². The first-order valence-corrected chi connectivity index (χ1v) is 11.6. The summed E-state index contributed by atoms with van der Waals surface area (Å²) in [5.74, 6) is 0.482. The molecule has 0 aliphatic carbocycles. The number of nitrogens with one attached hydrogen (secondary N) is 2. The van der Waals surface area contributed by atoms with Crippen LogP contribution < -0.4 is 10.6 Å². The minimum absolute atomic E-state index is 0.164. The number of halogens is 1. The Labute approximate surface area is 197 Å². The zero-order valence-electron chi connectivity index (χ0n) is 18.5. The predicted octanol–water partition coefficient (Wildman–Crippen LogP) is 4.79. The summed E-state index contributed by atoms with van der Waals surface area (Å²) >= 11 is 7.41. The number of hydrogen-bond acceptors (Lipinski definition) is 5. The van der Waals surface area contributed by atoms with Gasteiger partial charge in [-0.05, 0) is 57.5 Å². The molecule has 3 rings (SSSR count). The fraction of sp³-hybridized carbons (Fsp3) is 0.304. The summed E-state index contributed by atoms with van der Waals surface area (Å²) in [6, 6.07) is 12.5. The first-order valence-electron chi connectivity index (χ1n) is 10.3. The molecule has 0 saturated carbocycles. The molecule has 2 N–H and O–H groups in total. The van der Waals surface area contributed by atoms with E-state index in [0.717, 1.165) is 11.1 Å². The number of nitrogens with zero attached hydrogens (tertiary/aromatic N) is 3. The van der Waals surface area contributed by atoms with E-state index in [4.69, 9.17) is 11.6 Å². The van der Waals surface area contributed by atoms with Crippen molar-refractivity contribution in [1.82, 2.24) is 20.1 Å². The smallest absolute Gasteiger partial charge is 0.251 e. The van der Waals surface area contributed by atoms with E-state index >= 15 is 0 Å². The van der Waals surface area contributed by atoms with E-state index in [1.807, 2.05) is 62.6 Å². The van der Waals surface area contributed by atoms with Crippen LogP contribution in [0.25, 0.3) is 0 Å². The molecular formula is C23H26ClN5O2S. The molecule has 0 bridgehead atoms. The van der Waals surface area contributed by atoms with Gasteiger partial charge in [-0.1, -0.05) is 47.1 Å². The van der Waals surface area contributed by atoms with Gasteiger partial charge in [-0.3, -0.25) is 9.59 Å². The van der Waals surface area contributed by atoms with Crippen molar-refractivity contribution in [3.63, 3.8) is 0 Å². The lowest BCUT2D eigenvalue weighted by atomic mass is 10.1. The highest BCUT2D eigenvalue weighted by atomic mass is 35.5. The number of rotatable bonds is 8. The van der Waals surface area contributed by atoms with Crippen LogP contribution in [0.15, 0.2) is 47.6 Å². The highest BCUT2D eigenvalue weighted by Gasteiger charge is 2.20. The van der Waals surface area contributed by atoms with Gasteiger partial charge in [0.15, 0.2) is 11.0 Å². The maximum Gasteiger partial charge on any atom is 0.251 e. The van der Waals surface area contributed by atoms with Gasteiger partial charge < -0.3 is 15.2 Å². The maximum absolute atomic E-state index is 12.6. The molecular weight excluding hydrogens is 446 g/mol. The lowest BCUT2D eigenvalue weighted by Crippen LogP contribution is -2.28. The summed E-state index contributed by atoms with van der Waals surface area (Å²) in [5.41, 5.74) is 3.22. The molecule has 7 nitrogen and oxygen atoms in total. The maximum atomic E-state index is 12.6. The highest BCUT2D eigenvalue weighted by Crippen LogP contribution is 2.23. The summed E-state index contributed by atoms with van der Waals surface area (Å²) in [6.07, 6.45) is 0. The van der Waals surface area contributed by atoms with E-state index < -0.39 is 0 Å². The predicted molar refractivity (Wildman–Crippen MR) is 128 cm³/mol. The van der Waals surface area contributed by atoms with Gasteiger partial charge in [0, 0.05) is 22.8 Å². The molecule has 0 unspecified atom stereocenters. The van der Waals surface area contributed by atoms with E-state index in [2.05, 4.69) is 20.8 Å². The molecule has 0 radical (unpaired) electrons. The SMILES string of the molecule is CCn1c(SCC(=O)Nc2ccc(C)c(Cl)c2)nnc1[C@@H](C)NC(=O)c1cccc(C)c1. The monoisotopic (exact) mass is 471 g/mol. The van der Waals surface area contributed by atoms with Crippen molar-refractivity contribution in [2.24, 2.45) is 0 Å². The molecule has 2 amide bonds. The van der Waals surface area contributed by atoms with E-state index in [0.29, 0.717) is 33.8 Å². The van der Waals surface area contributed by atoms with Crippen molar-refractivity contribution in [2.45, 2.75) is 45.4 Å². The van der Waals surface area contributed by atoms with Gasteiger partial charge in [0.05, 0.1) is 11.8 Å². The van der Waals surface area contributed by atoms with Crippen LogP contribution in [-0.2, 0) is 11.3 Å². The zero-order chi connectivity index (χ0) is 23.3. The first-order chi connectivity index (χ1) is 15.3. The fourth-order valence-corrected chi connectivity index (χ4v) is 4.14. The number of carbonyl (C=O) groups is 2. The lowest BCUT2D eigenvalue weighted by Gasteiger charge is -2.15. The van der Waals surface area contributed by atoms with E-state index in [1.165, 1.54) is 11.8 Å². The molecule has 0 fully saturated rings. The minimum atomic E-state index is -0.340. The average Bonchev–Trinajstić information content (AvgIpc) is 3.18. The van der Waals surface area contributed by atoms with Crippen LogP contribution in [0.4, 0.5) is 5.69 Å². The first kappa shape index (κ1) is 23.8. The average molecular weight is 472 g/mol. The quantitative estimate of drug-likeness (QED) is 0.461. The third kappa shape index (κ3) is 5.89. The topological polar surface area (TPSA) is 88.9 Å². The molecule has 0 saturated heterocycles. The second kappa shape index (κ2) is 10.7. The molecule has 9 heteroatoms. The van der Waals surface area contributed by atoms with Crippen molar-refractivity contribution in [2.75, 3.05) is 11.1 Å². The number of benzene rings is 2. The minimum Gasteiger partial charge on any atom is -0.342 e. The summed E-state index contributed by atoms with van der Waals surface area (Å²) < 4.78 is 1.90. The van der Waals surface area contributed by atoms with Gasteiger partial charge in [-0.2, -0.15) is 0 Å². The number of thioether (sulfide) groups is 1. The van der Waals surface area contributed by atoms with Crippen LogP contribution in [0.2, 0.25) is 5.02 Å². The Morgan fingerprint density at radius 2 is 1.94 bits per heavy atom. The van der Waals surface area contributed by atoms with Crippen molar-refractivity contribution in [3.8, 4) is 0 Å². The highest BCUT2D eigenvalue weighted by molar-refractivity contribution is 7.99. The summed E-state index contributed by atoms with van der Waals surface area (Å²) in [4.78, 5) is 24.9. The zero-order valence-corrected chi connectivity index (χ0v) is 20.0. The Hall–Kier alpha value is -2.84. The molecule has 3 aromatic rings. The van der Waals surface area contributed by atoms with Crippen LogP contribution in [0.1, 0.15) is 47.2 Å². The fourth-order valence-electron chi connectivity index (χ4n) is 3.15. The summed E-state index contributed by atoms with van der Waals surface area (Å²) in [5, 5.41) is 15.5. The van der Waals surface area contributed by atoms with Crippen LogP contribution in [0.5, 0.6) is 0 Å². The number of aromatic nitrogens is 3. The van der Waals surface area contributed by atoms with Crippen molar-refractivity contribution in [3.05, 3.63) is 70.0 Å². The van der Waals surface area contributed by atoms with Crippen molar-refractivity contribution in [1.29, 1.82) is 0 Å². The standard InChI is InChI=1S/C23H26ClN5O2S/c1-5-29-21(16(4)25-22(31)17-8-6-7-14(2)11-17)27-28-23(29)32-13-20(30)26-18-10-9-15(3)19(24)12-18/h6-12,16H,5,13H2,1-4H3,(H,25,31)(H,26,30)/t16-/m1/s1. The molecule has 168 valence electrons. The Balaban J connectivity index is 1.62. The second-order valence-electron chi connectivity index (χ2n) is 7.45.